The molecule has 1 N–H and O–H groups in total. The second-order valence-electron chi connectivity index (χ2n) is 4.23. The van der Waals surface area contributed by atoms with Crippen molar-refractivity contribution in [2.75, 3.05) is 13.2 Å². The van der Waals surface area contributed by atoms with E-state index in [-0.39, 0.29) is 11.3 Å². The Morgan fingerprint density at radius 1 is 1.45 bits per heavy atom. The van der Waals surface area contributed by atoms with E-state index in [4.69, 9.17) is 56.5 Å². The summed E-state index contributed by atoms with van der Waals surface area (Å²) in [4.78, 5) is 23.1. The molecule has 0 aromatic rings. The molecule has 1 aliphatic heterocycles. The lowest BCUT2D eigenvalue weighted by atomic mass is 9.96. The molecule has 1 unspecified atom stereocenters. The molecule has 0 bridgehead atoms. The average molecular weight is 411 g/mol. The Bertz CT molecular complexity index is 446. The van der Waals surface area contributed by atoms with Gasteiger partial charge in [-0.1, -0.05) is 46.6 Å². The molecule has 0 spiro atoms. The molecule has 126 valence electrons. The molecule has 6 nitrogen and oxygen atoms in total. The van der Waals surface area contributed by atoms with Crippen LogP contribution in [0, 0.1) is 5.92 Å². The lowest BCUT2D eigenvalue weighted by Crippen LogP contribution is -2.61. The highest BCUT2D eigenvalue weighted by molar-refractivity contribution is 8.23. The van der Waals surface area contributed by atoms with Gasteiger partial charge in [0.25, 0.3) is 0 Å². The van der Waals surface area contributed by atoms with E-state index >= 15 is 0 Å². The maximum atomic E-state index is 11.6. The summed E-state index contributed by atoms with van der Waals surface area (Å²) in [5, 5.41) is 2.32. The summed E-state index contributed by atoms with van der Waals surface area (Å²) >= 11 is 22.5. The zero-order valence-electron chi connectivity index (χ0n) is 11.6. The summed E-state index contributed by atoms with van der Waals surface area (Å²) in [6.45, 7) is 3.35. The van der Waals surface area contributed by atoms with Crippen molar-refractivity contribution in [1.29, 1.82) is 0 Å². The molecule has 1 fully saturated rings. The molecular formula is C11H14Cl3NO5S2. The molecule has 1 aliphatic rings. The van der Waals surface area contributed by atoms with Gasteiger partial charge in [0.05, 0.1) is 12.0 Å². The third kappa shape index (κ3) is 6.54. The molecule has 0 aliphatic carbocycles. The summed E-state index contributed by atoms with van der Waals surface area (Å²) in [5.74, 6) is -0.817. The highest BCUT2D eigenvalue weighted by Crippen LogP contribution is 2.31. The number of thioether (sulfide) groups is 1. The molecule has 1 heterocycles. The fourth-order valence-corrected chi connectivity index (χ4v) is 3.24. The summed E-state index contributed by atoms with van der Waals surface area (Å²) < 4.78 is 13.4. The molecule has 22 heavy (non-hydrogen) atoms. The van der Waals surface area contributed by atoms with Gasteiger partial charge in [-0.25, -0.2) is 4.79 Å². The topological polar surface area (TPSA) is 73.9 Å². The summed E-state index contributed by atoms with van der Waals surface area (Å²) in [6, 6.07) is 0. The number of carbonyl (C=O) groups excluding carboxylic acids is 2. The van der Waals surface area contributed by atoms with E-state index in [9.17, 15) is 9.59 Å². The molecule has 1 rings (SSSR count). The molecule has 11 heteroatoms. The standard InChI is InChI=1S/C11H14Cl3NO5S2/c1-3-18-10(21)22-8-6(7(16)15-8)5(2)20-9(17)19-4-11(12,13)14/h5-6,8H,3-4H2,1-2H3,(H,15,16)/t5?,6-,8-/m1/s1. The maximum Gasteiger partial charge on any atom is 0.508 e. The van der Waals surface area contributed by atoms with Crippen LogP contribution in [0.15, 0.2) is 0 Å². The third-order valence-electron chi connectivity index (χ3n) is 2.54. The number of ether oxygens (including phenoxy) is 3. The van der Waals surface area contributed by atoms with Crippen LogP contribution in [0.3, 0.4) is 0 Å². The van der Waals surface area contributed by atoms with Crippen molar-refractivity contribution in [3.05, 3.63) is 0 Å². The average Bonchev–Trinajstić information content (AvgIpc) is 2.34. The van der Waals surface area contributed by atoms with Crippen molar-refractivity contribution >= 4 is 75.2 Å². The summed E-state index contributed by atoms with van der Waals surface area (Å²) in [5.41, 5.74) is 0. The van der Waals surface area contributed by atoms with Crippen molar-refractivity contribution in [2.45, 2.75) is 29.1 Å². The Morgan fingerprint density at radius 2 is 2.09 bits per heavy atom. The van der Waals surface area contributed by atoms with Crippen LogP contribution in [0.1, 0.15) is 13.8 Å². The van der Waals surface area contributed by atoms with Crippen LogP contribution in [0.4, 0.5) is 4.79 Å². The first-order chi connectivity index (χ1) is 10.1. The highest BCUT2D eigenvalue weighted by atomic mass is 35.6. The smallest absolute Gasteiger partial charge is 0.479 e. The first-order valence-corrected chi connectivity index (χ1v) is 8.60. The van der Waals surface area contributed by atoms with E-state index < -0.39 is 28.6 Å². The second-order valence-corrected chi connectivity index (χ2v) is 8.49. The van der Waals surface area contributed by atoms with Crippen LogP contribution in [0.2, 0.25) is 0 Å². The zero-order chi connectivity index (χ0) is 16.9. The Kier molecular flexibility index (Phi) is 7.81. The normalized spacial score (nSPS) is 22.1. The first kappa shape index (κ1) is 19.9. The second kappa shape index (κ2) is 8.63. The number of hydrogen-bond acceptors (Lipinski definition) is 7. The Morgan fingerprint density at radius 3 is 2.59 bits per heavy atom. The predicted octanol–water partition coefficient (Wildman–Crippen LogP) is 3.03. The molecule has 0 aromatic heterocycles. The quantitative estimate of drug-likeness (QED) is 0.323. The largest absolute Gasteiger partial charge is 0.508 e. The number of alkyl halides is 3. The van der Waals surface area contributed by atoms with Gasteiger partial charge in [0.15, 0.2) is 0 Å². The Hall–Kier alpha value is -0.150. The number of thiocarbonyl (C=S) groups is 1. The maximum absolute atomic E-state index is 11.6. The zero-order valence-corrected chi connectivity index (χ0v) is 15.5. The number of amides is 1. The number of β-lactam (4-membered cyclic amide) rings is 1. The van der Waals surface area contributed by atoms with Crippen molar-refractivity contribution in [3.63, 3.8) is 0 Å². The van der Waals surface area contributed by atoms with E-state index in [1.807, 2.05) is 0 Å². The molecule has 0 radical (unpaired) electrons. The van der Waals surface area contributed by atoms with Gasteiger partial charge in [-0.05, 0) is 26.1 Å². The van der Waals surface area contributed by atoms with E-state index in [1.165, 1.54) is 11.8 Å². The van der Waals surface area contributed by atoms with Gasteiger partial charge in [0, 0.05) is 0 Å². The van der Waals surface area contributed by atoms with Crippen LogP contribution >= 0.6 is 58.8 Å². The minimum atomic E-state index is -1.72. The number of hydrogen-bond donors (Lipinski definition) is 1. The first-order valence-electron chi connectivity index (χ1n) is 6.18. The fraction of sp³-hybridized carbons (Fsp3) is 0.727. The molecule has 1 amide bonds. The SMILES string of the molecule is CCOC(=S)S[C@H]1NC(=O)[C@H]1C(C)OC(=O)OCC(Cl)(Cl)Cl. The van der Waals surface area contributed by atoms with Gasteiger partial charge >= 0.3 is 6.16 Å². The minimum Gasteiger partial charge on any atom is -0.479 e. The van der Waals surface area contributed by atoms with Crippen LogP contribution in [0.25, 0.3) is 0 Å². The number of rotatable bonds is 5. The van der Waals surface area contributed by atoms with Gasteiger partial charge < -0.3 is 19.5 Å². The minimum absolute atomic E-state index is 0.251. The van der Waals surface area contributed by atoms with E-state index in [2.05, 4.69) is 10.1 Å². The van der Waals surface area contributed by atoms with Gasteiger partial charge in [-0.2, -0.15) is 0 Å². The number of halogens is 3. The van der Waals surface area contributed by atoms with Gasteiger partial charge in [-0.15, -0.1) is 0 Å². The van der Waals surface area contributed by atoms with Crippen LogP contribution in [-0.2, 0) is 19.0 Å². The van der Waals surface area contributed by atoms with Crippen molar-refractivity contribution in [2.24, 2.45) is 5.92 Å². The molecule has 1 saturated heterocycles. The summed E-state index contributed by atoms with van der Waals surface area (Å²) in [7, 11) is 0. The van der Waals surface area contributed by atoms with E-state index in [1.54, 1.807) is 13.8 Å². The summed E-state index contributed by atoms with van der Waals surface area (Å²) in [6.07, 6.45) is -1.74. The highest BCUT2D eigenvalue weighted by Gasteiger charge is 2.46. The predicted molar refractivity (Wildman–Crippen MR) is 89.4 cm³/mol. The van der Waals surface area contributed by atoms with Gasteiger partial charge in [0.1, 0.15) is 18.6 Å². The van der Waals surface area contributed by atoms with E-state index in [0.29, 0.717) is 11.0 Å². The molecular weight excluding hydrogens is 397 g/mol. The van der Waals surface area contributed by atoms with Crippen LogP contribution < -0.4 is 5.32 Å². The van der Waals surface area contributed by atoms with Crippen molar-refractivity contribution in [1.82, 2.24) is 5.32 Å². The number of nitrogens with one attached hydrogen (secondary N) is 1. The van der Waals surface area contributed by atoms with E-state index in [0.717, 1.165) is 0 Å². The lowest BCUT2D eigenvalue weighted by molar-refractivity contribution is -0.137. The van der Waals surface area contributed by atoms with Crippen molar-refractivity contribution in [3.8, 4) is 0 Å². The third-order valence-corrected chi connectivity index (χ3v) is 4.25. The lowest BCUT2D eigenvalue weighted by Gasteiger charge is -2.38. The Balaban J connectivity index is 2.45. The molecule has 3 atom stereocenters. The number of carbonyl (C=O) groups is 2. The van der Waals surface area contributed by atoms with Gasteiger partial charge in [-0.3, -0.25) is 4.79 Å². The van der Waals surface area contributed by atoms with Crippen LogP contribution in [-0.4, -0.2) is 44.9 Å². The monoisotopic (exact) mass is 409 g/mol. The molecule has 0 saturated carbocycles. The Labute approximate surface area is 152 Å². The fourth-order valence-electron chi connectivity index (χ4n) is 1.58. The van der Waals surface area contributed by atoms with Gasteiger partial charge in [0.2, 0.25) is 14.1 Å². The van der Waals surface area contributed by atoms with Crippen molar-refractivity contribution < 1.29 is 23.8 Å². The molecule has 0 aromatic carbocycles. The van der Waals surface area contributed by atoms with Crippen LogP contribution in [0.5, 0.6) is 0 Å².